The summed E-state index contributed by atoms with van der Waals surface area (Å²) in [5.41, 5.74) is 7.09. The average molecular weight is 249 g/mol. The summed E-state index contributed by atoms with van der Waals surface area (Å²) < 4.78 is 1.82. The lowest BCUT2D eigenvalue weighted by Gasteiger charge is -2.23. The molecule has 1 amide bonds. The third kappa shape index (κ3) is 2.86. The molecule has 1 aliphatic rings. The first kappa shape index (κ1) is 13.0. The number of aromatic nitrogens is 1. The Labute approximate surface area is 109 Å². The minimum Gasteiger partial charge on any atom is -0.397 e. The molecule has 4 heteroatoms. The lowest BCUT2D eigenvalue weighted by Crippen LogP contribution is -2.35. The van der Waals surface area contributed by atoms with Crippen molar-refractivity contribution in [1.29, 1.82) is 0 Å². The van der Waals surface area contributed by atoms with Crippen LogP contribution in [0.5, 0.6) is 0 Å². The third-order valence-corrected chi connectivity index (χ3v) is 3.44. The normalized spacial score (nSPS) is 15.1. The van der Waals surface area contributed by atoms with Crippen LogP contribution in [-0.2, 0) is 7.05 Å². The fraction of sp³-hybridized carbons (Fsp3) is 0.643. The van der Waals surface area contributed by atoms with Crippen LogP contribution in [-0.4, -0.2) is 28.0 Å². The van der Waals surface area contributed by atoms with Crippen LogP contribution in [0.4, 0.5) is 5.69 Å². The number of nitrogens with zero attached hydrogens (tertiary/aromatic N) is 2. The van der Waals surface area contributed by atoms with Gasteiger partial charge >= 0.3 is 0 Å². The number of carbonyl (C=O) groups is 1. The summed E-state index contributed by atoms with van der Waals surface area (Å²) in [6.45, 7) is 5.23. The Balaban J connectivity index is 2.10. The van der Waals surface area contributed by atoms with Crippen molar-refractivity contribution in [2.45, 2.75) is 39.2 Å². The number of hydrogen-bond donors (Lipinski definition) is 1. The number of nitrogens with two attached hydrogens (primary N) is 1. The van der Waals surface area contributed by atoms with E-state index in [1.165, 1.54) is 0 Å². The zero-order valence-electron chi connectivity index (χ0n) is 11.5. The summed E-state index contributed by atoms with van der Waals surface area (Å²) in [5, 5.41) is 0. The first-order chi connectivity index (χ1) is 8.49. The largest absolute Gasteiger partial charge is 0.397 e. The summed E-state index contributed by atoms with van der Waals surface area (Å²) in [6, 6.07) is 2.22. The van der Waals surface area contributed by atoms with Crippen molar-refractivity contribution >= 4 is 11.6 Å². The monoisotopic (exact) mass is 249 g/mol. The van der Waals surface area contributed by atoms with E-state index in [2.05, 4.69) is 13.8 Å². The van der Waals surface area contributed by atoms with Crippen molar-refractivity contribution in [3.05, 3.63) is 18.0 Å². The van der Waals surface area contributed by atoms with Crippen LogP contribution in [0.25, 0.3) is 0 Å². The van der Waals surface area contributed by atoms with E-state index in [-0.39, 0.29) is 5.91 Å². The molecule has 1 saturated carbocycles. The molecule has 1 aromatic rings. The van der Waals surface area contributed by atoms with E-state index >= 15 is 0 Å². The molecule has 18 heavy (non-hydrogen) atoms. The molecule has 4 nitrogen and oxygen atoms in total. The second-order valence-corrected chi connectivity index (χ2v) is 5.68. The van der Waals surface area contributed by atoms with Crippen molar-refractivity contribution in [3.63, 3.8) is 0 Å². The Kier molecular flexibility index (Phi) is 3.64. The molecule has 1 fully saturated rings. The fourth-order valence-corrected chi connectivity index (χ4v) is 2.18. The molecule has 1 aromatic heterocycles. The summed E-state index contributed by atoms with van der Waals surface area (Å²) in [6.07, 6.45) is 5.14. The lowest BCUT2D eigenvalue weighted by molar-refractivity contribution is 0.0726. The molecule has 0 atom stereocenters. The number of hydrogen-bond acceptors (Lipinski definition) is 2. The average Bonchev–Trinajstić information content (AvgIpc) is 3.04. The Morgan fingerprint density at radius 2 is 2.22 bits per heavy atom. The van der Waals surface area contributed by atoms with E-state index in [1.807, 2.05) is 16.5 Å². The van der Waals surface area contributed by atoms with Crippen LogP contribution >= 0.6 is 0 Å². The molecule has 0 bridgehead atoms. The van der Waals surface area contributed by atoms with Crippen LogP contribution < -0.4 is 5.73 Å². The molecular formula is C14H23N3O. The number of amides is 1. The maximum atomic E-state index is 12.5. The van der Waals surface area contributed by atoms with Gasteiger partial charge in [0.15, 0.2) is 0 Å². The Morgan fingerprint density at radius 1 is 1.56 bits per heavy atom. The molecule has 2 rings (SSSR count). The minimum atomic E-state index is 0.123. The molecule has 100 valence electrons. The topological polar surface area (TPSA) is 51.3 Å². The molecule has 0 aliphatic heterocycles. The molecule has 0 saturated heterocycles. The van der Waals surface area contributed by atoms with Gasteiger partial charge in [0.05, 0.1) is 5.69 Å². The van der Waals surface area contributed by atoms with Gasteiger partial charge < -0.3 is 15.2 Å². The summed E-state index contributed by atoms with van der Waals surface area (Å²) in [5.74, 6) is 0.745. The first-order valence-electron chi connectivity index (χ1n) is 6.72. The lowest BCUT2D eigenvalue weighted by atomic mass is 10.1. The predicted molar refractivity (Wildman–Crippen MR) is 73.3 cm³/mol. The summed E-state index contributed by atoms with van der Waals surface area (Å²) in [4.78, 5) is 14.5. The number of anilines is 1. The number of rotatable bonds is 5. The molecular weight excluding hydrogens is 226 g/mol. The van der Waals surface area contributed by atoms with Crippen LogP contribution in [0.3, 0.4) is 0 Å². The van der Waals surface area contributed by atoms with Crippen LogP contribution in [0.15, 0.2) is 12.3 Å². The Morgan fingerprint density at radius 3 is 2.67 bits per heavy atom. The van der Waals surface area contributed by atoms with Gasteiger partial charge in [-0.1, -0.05) is 13.8 Å². The Hall–Kier alpha value is -1.45. The third-order valence-electron chi connectivity index (χ3n) is 3.44. The van der Waals surface area contributed by atoms with Gasteiger partial charge in [-0.25, -0.2) is 0 Å². The molecule has 0 radical (unpaired) electrons. The summed E-state index contributed by atoms with van der Waals surface area (Å²) >= 11 is 0. The van der Waals surface area contributed by atoms with Gasteiger partial charge in [-0.2, -0.15) is 0 Å². The second-order valence-electron chi connectivity index (χ2n) is 5.68. The fourth-order valence-electron chi connectivity index (χ4n) is 2.18. The van der Waals surface area contributed by atoms with E-state index in [9.17, 15) is 4.79 Å². The molecule has 1 aliphatic carbocycles. The quantitative estimate of drug-likeness (QED) is 0.870. The van der Waals surface area contributed by atoms with Gasteiger partial charge in [0.1, 0.15) is 5.69 Å². The smallest absolute Gasteiger partial charge is 0.270 e. The highest BCUT2D eigenvalue weighted by Gasteiger charge is 2.33. The number of nitrogen functional groups attached to an aromatic ring is 1. The molecule has 2 N–H and O–H groups in total. The van der Waals surface area contributed by atoms with E-state index < -0.39 is 0 Å². The number of carbonyl (C=O) groups excluding carboxylic acids is 1. The van der Waals surface area contributed by atoms with Crippen LogP contribution in [0.2, 0.25) is 0 Å². The molecule has 0 unspecified atom stereocenters. The van der Waals surface area contributed by atoms with Gasteiger partial charge in [-0.3, -0.25) is 4.79 Å². The van der Waals surface area contributed by atoms with Gasteiger partial charge in [-0.05, 0) is 31.2 Å². The number of aryl methyl sites for hydroxylation is 1. The maximum absolute atomic E-state index is 12.5. The van der Waals surface area contributed by atoms with Gasteiger partial charge in [0, 0.05) is 25.8 Å². The van der Waals surface area contributed by atoms with Crippen molar-refractivity contribution in [2.24, 2.45) is 13.0 Å². The zero-order valence-corrected chi connectivity index (χ0v) is 11.5. The Bertz CT molecular complexity index is 432. The van der Waals surface area contributed by atoms with Gasteiger partial charge in [0.2, 0.25) is 0 Å². The van der Waals surface area contributed by atoms with Gasteiger partial charge in [0.25, 0.3) is 5.91 Å². The van der Waals surface area contributed by atoms with E-state index in [4.69, 9.17) is 5.73 Å². The second kappa shape index (κ2) is 5.04. The summed E-state index contributed by atoms with van der Waals surface area (Å²) in [7, 11) is 1.87. The molecule has 1 heterocycles. The zero-order chi connectivity index (χ0) is 13.3. The van der Waals surface area contributed by atoms with E-state index in [0.717, 1.165) is 25.8 Å². The standard InChI is InChI=1S/C14H23N3O/c1-10(2)6-7-17(12-4-5-12)14(18)13-8-11(15)9-16(13)3/h8-10,12H,4-7,15H2,1-3H3. The van der Waals surface area contributed by atoms with E-state index in [0.29, 0.717) is 23.3 Å². The highest BCUT2D eigenvalue weighted by molar-refractivity contribution is 5.94. The predicted octanol–water partition coefficient (Wildman–Crippen LogP) is 2.26. The van der Waals surface area contributed by atoms with Crippen molar-refractivity contribution in [1.82, 2.24) is 9.47 Å². The SMILES string of the molecule is CC(C)CCN(C(=O)c1cc(N)cn1C)C1CC1. The van der Waals surface area contributed by atoms with Gasteiger partial charge in [-0.15, -0.1) is 0 Å². The van der Waals surface area contributed by atoms with Crippen molar-refractivity contribution in [2.75, 3.05) is 12.3 Å². The highest BCUT2D eigenvalue weighted by Crippen LogP contribution is 2.29. The van der Waals surface area contributed by atoms with Crippen molar-refractivity contribution < 1.29 is 4.79 Å². The maximum Gasteiger partial charge on any atom is 0.270 e. The molecule has 0 spiro atoms. The van der Waals surface area contributed by atoms with Crippen LogP contribution in [0, 0.1) is 5.92 Å². The van der Waals surface area contributed by atoms with Crippen LogP contribution in [0.1, 0.15) is 43.6 Å². The van der Waals surface area contributed by atoms with E-state index in [1.54, 1.807) is 12.3 Å². The van der Waals surface area contributed by atoms with Crippen molar-refractivity contribution in [3.8, 4) is 0 Å². The highest BCUT2D eigenvalue weighted by atomic mass is 16.2. The molecule has 0 aromatic carbocycles. The minimum absolute atomic E-state index is 0.123. The first-order valence-corrected chi connectivity index (χ1v) is 6.72.